The first kappa shape index (κ1) is 31.2. The number of halogens is 3. The lowest BCUT2D eigenvalue weighted by atomic mass is 9.95. The molecule has 0 heterocycles. The van der Waals surface area contributed by atoms with Crippen LogP contribution in [-0.2, 0) is 26.2 Å². The Balaban J connectivity index is 1.78. The normalized spacial score (nSPS) is 15.0. The average molecular weight is 601 g/mol. The molecule has 1 atom stereocenters. The summed E-state index contributed by atoms with van der Waals surface area (Å²) >= 11 is 12.3. The van der Waals surface area contributed by atoms with Crippen LogP contribution >= 0.6 is 23.2 Å². The first-order valence-electron chi connectivity index (χ1n) is 13.3. The van der Waals surface area contributed by atoms with Crippen LogP contribution in [0.25, 0.3) is 0 Å². The van der Waals surface area contributed by atoms with Gasteiger partial charge in [-0.1, -0.05) is 67.6 Å². The van der Waals surface area contributed by atoms with Crippen molar-refractivity contribution >= 4 is 50.7 Å². The largest absolute Gasteiger partial charge is 0.352 e. The summed E-state index contributed by atoms with van der Waals surface area (Å²) in [6.07, 6.45) is 6.62. The summed E-state index contributed by atoms with van der Waals surface area (Å²) in [4.78, 5) is 28.4. The van der Waals surface area contributed by atoms with E-state index in [1.54, 1.807) is 24.3 Å². The molecule has 0 bridgehead atoms. The third-order valence-corrected chi connectivity index (χ3v) is 8.87. The van der Waals surface area contributed by atoms with E-state index in [4.69, 9.17) is 23.2 Å². The molecule has 3 rings (SSSR count). The number of hydrogen-bond acceptors (Lipinski definition) is 4. The number of rotatable bonds is 12. The Hall–Kier alpha value is -2.36. The molecular formula is C28H36Cl2FN3O4S. The summed E-state index contributed by atoms with van der Waals surface area (Å²) in [5.74, 6) is -1.18. The number of hydrogen-bond donors (Lipinski definition) is 1. The third kappa shape index (κ3) is 8.82. The lowest BCUT2D eigenvalue weighted by Crippen LogP contribution is -2.51. The molecule has 1 fully saturated rings. The highest BCUT2D eigenvalue weighted by Crippen LogP contribution is 2.26. The van der Waals surface area contributed by atoms with Crippen molar-refractivity contribution in [2.45, 2.75) is 76.9 Å². The van der Waals surface area contributed by atoms with Crippen molar-refractivity contribution in [1.82, 2.24) is 10.2 Å². The van der Waals surface area contributed by atoms with Crippen LogP contribution in [-0.4, -0.2) is 50.0 Å². The fourth-order valence-corrected chi connectivity index (χ4v) is 6.22. The molecule has 0 spiro atoms. The molecule has 2 amide bonds. The number of benzene rings is 2. The van der Waals surface area contributed by atoms with Crippen molar-refractivity contribution < 1.29 is 22.4 Å². The molecule has 0 radical (unpaired) electrons. The summed E-state index contributed by atoms with van der Waals surface area (Å²) in [7, 11) is -3.79. The van der Waals surface area contributed by atoms with Crippen molar-refractivity contribution in [1.29, 1.82) is 0 Å². The second-order valence-electron chi connectivity index (χ2n) is 9.93. The highest BCUT2D eigenvalue weighted by atomic mass is 35.5. The fraction of sp³-hybridized carbons (Fsp3) is 0.500. The van der Waals surface area contributed by atoms with Crippen LogP contribution in [0.2, 0.25) is 10.0 Å². The summed E-state index contributed by atoms with van der Waals surface area (Å²) in [5, 5.41) is 3.85. The summed E-state index contributed by atoms with van der Waals surface area (Å²) < 4.78 is 40.2. The zero-order chi connectivity index (χ0) is 28.6. The van der Waals surface area contributed by atoms with E-state index in [2.05, 4.69) is 5.32 Å². The van der Waals surface area contributed by atoms with Crippen LogP contribution in [0.5, 0.6) is 0 Å². The van der Waals surface area contributed by atoms with Gasteiger partial charge in [-0.25, -0.2) is 12.8 Å². The fourth-order valence-electron chi connectivity index (χ4n) is 4.93. The van der Waals surface area contributed by atoms with Crippen molar-refractivity contribution in [3.63, 3.8) is 0 Å². The van der Waals surface area contributed by atoms with Crippen molar-refractivity contribution in [2.75, 3.05) is 17.1 Å². The van der Waals surface area contributed by atoms with Gasteiger partial charge in [0, 0.05) is 25.6 Å². The number of amides is 2. The number of nitrogens with zero attached hydrogens (tertiary/aromatic N) is 2. The van der Waals surface area contributed by atoms with Gasteiger partial charge >= 0.3 is 0 Å². The Morgan fingerprint density at radius 1 is 1.08 bits per heavy atom. The second-order valence-corrected chi connectivity index (χ2v) is 12.6. The predicted molar refractivity (Wildman–Crippen MR) is 154 cm³/mol. The van der Waals surface area contributed by atoms with Gasteiger partial charge in [0.2, 0.25) is 21.8 Å². The van der Waals surface area contributed by atoms with Crippen LogP contribution in [0.3, 0.4) is 0 Å². The van der Waals surface area contributed by atoms with Gasteiger partial charge < -0.3 is 10.2 Å². The molecule has 0 aromatic heterocycles. The van der Waals surface area contributed by atoms with E-state index in [9.17, 15) is 22.4 Å². The minimum absolute atomic E-state index is 0.0327. The maximum absolute atomic E-state index is 14.4. The van der Waals surface area contributed by atoms with Crippen LogP contribution in [0, 0.1) is 5.82 Å². The Labute approximate surface area is 240 Å². The van der Waals surface area contributed by atoms with E-state index in [0.717, 1.165) is 42.7 Å². The molecule has 214 valence electrons. The first-order valence-corrected chi connectivity index (χ1v) is 15.9. The third-order valence-electron chi connectivity index (χ3n) is 6.95. The second kappa shape index (κ2) is 14.3. The van der Waals surface area contributed by atoms with Crippen LogP contribution in [0.4, 0.5) is 10.1 Å². The summed E-state index contributed by atoms with van der Waals surface area (Å²) in [6.45, 7) is 1.90. The Bertz CT molecular complexity index is 1260. The Kier molecular flexibility index (Phi) is 11.4. The Morgan fingerprint density at radius 3 is 2.38 bits per heavy atom. The predicted octanol–water partition coefficient (Wildman–Crippen LogP) is 5.94. The van der Waals surface area contributed by atoms with Crippen molar-refractivity contribution in [3.8, 4) is 0 Å². The molecule has 1 aliphatic rings. The van der Waals surface area contributed by atoms with Gasteiger partial charge in [-0.05, 0) is 55.5 Å². The average Bonchev–Trinajstić information content (AvgIpc) is 2.89. The van der Waals surface area contributed by atoms with E-state index in [-0.39, 0.29) is 49.5 Å². The molecule has 1 aliphatic carbocycles. The molecular weight excluding hydrogens is 564 g/mol. The number of carbonyl (C=O) groups excluding carboxylic acids is 2. The maximum atomic E-state index is 14.4. The lowest BCUT2D eigenvalue weighted by Gasteiger charge is -2.33. The van der Waals surface area contributed by atoms with Gasteiger partial charge in [0.25, 0.3) is 0 Å². The van der Waals surface area contributed by atoms with Crippen LogP contribution < -0.4 is 9.62 Å². The van der Waals surface area contributed by atoms with Crippen molar-refractivity contribution in [2.24, 2.45) is 0 Å². The smallest absolute Gasteiger partial charge is 0.243 e. The zero-order valence-electron chi connectivity index (χ0n) is 22.3. The molecule has 1 N–H and O–H groups in total. The van der Waals surface area contributed by atoms with Gasteiger partial charge in [-0.2, -0.15) is 0 Å². The molecule has 0 saturated heterocycles. The van der Waals surface area contributed by atoms with Gasteiger partial charge in [-0.15, -0.1) is 0 Å². The van der Waals surface area contributed by atoms with Crippen LogP contribution in [0.1, 0.15) is 63.9 Å². The maximum Gasteiger partial charge on any atom is 0.243 e. The molecule has 11 heteroatoms. The van der Waals surface area contributed by atoms with E-state index < -0.39 is 21.9 Å². The van der Waals surface area contributed by atoms with Gasteiger partial charge in [0.05, 0.1) is 22.0 Å². The molecule has 1 saturated carbocycles. The molecule has 0 unspecified atom stereocenters. The molecule has 2 aromatic carbocycles. The number of anilines is 1. The highest BCUT2D eigenvalue weighted by Gasteiger charge is 2.30. The highest BCUT2D eigenvalue weighted by molar-refractivity contribution is 7.92. The standard InChI is InChI=1S/C28H36Cl2FN3O4S/c1-3-25(28(36)32-21-10-5-4-6-11-21)33(19-20-15-16-22(29)23(30)18-20)27(35)14-9-17-34(39(2,37)38)26-13-8-7-12-24(26)31/h7-8,12-13,15-16,18,21,25H,3-6,9-11,14,17,19H2,1-2H3,(H,32,36)/t25-/m1/s1. The van der Waals surface area contributed by atoms with Gasteiger partial charge in [0.15, 0.2) is 0 Å². The summed E-state index contributed by atoms with van der Waals surface area (Å²) in [6, 6.07) is 10.0. The van der Waals surface area contributed by atoms with Gasteiger partial charge in [-0.3, -0.25) is 13.9 Å². The topological polar surface area (TPSA) is 86.8 Å². The first-order chi connectivity index (χ1) is 18.5. The van der Waals surface area contributed by atoms with E-state index in [1.165, 1.54) is 23.1 Å². The number of carbonyl (C=O) groups is 2. The lowest BCUT2D eigenvalue weighted by molar-refractivity contribution is -0.141. The number of nitrogens with one attached hydrogen (secondary N) is 1. The van der Waals surface area contributed by atoms with Crippen molar-refractivity contribution in [3.05, 3.63) is 63.9 Å². The monoisotopic (exact) mass is 599 g/mol. The summed E-state index contributed by atoms with van der Waals surface area (Å²) in [5.41, 5.74) is 0.643. The number of sulfonamides is 1. The molecule has 39 heavy (non-hydrogen) atoms. The minimum Gasteiger partial charge on any atom is -0.352 e. The van der Waals surface area contributed by atoms with E-state index >= 15 is 0 Å². The molecule has 0 aliphatic heterocycles. The number of para-hydroxylation sites is 1. The molecule has 2 aromatic rings. The van der Waals surface area contributed by atoms with Gasteiger partial charge in [0.1, 0.15) is 11.9 Å². The molecule has 7 nitrogen and oxygen atoms in total. The zero-order valence-corrected chi connectivity index (χ0v) is 24.7. The minimum atomic E-state index is -3.79. The Morgan fingerprint density at radius 2 is 1.77 bits per heavy atom. The van der Waals surface area contributed by atoms with E-state index in [1.807, 2.05) is 6.92 Å². The van der Waals surface area contributed by atoms with E-state index in [0.29, 0.717) is 22.0 Å². The van der Waals surface area contributed by atoms with Crippen LogP contribution in [0.15, 0.2) is 42.5 Å². The SMILES string of the molecule is CC[C@H](C(=O)NC1CCCCC1)N(Cc1ccc(Cl)c(Cl)c1)C(=O)CCCN(c1ccccc1F)S(C)(=O)=O. The quantitative estimate of drug-likeness (QED) is 0.327.